The highest BCUT2D eigenvalue weighted by molar-refractivity contribution is 5.28. The van der Waals surface area contributed by atoms with Crippen molar-refractivity contribution in [3.05, 3.63) is 24.3 Å². The summed E-state index contributed by atoms with van der Waals surface area (Å²) < 4.78 is 0. The van der Waals surface area contributed by atoms with Crippen LogP contribution in [0.25, 0.3) is 0 Å². The van der Waals surface area contributed by atoms with Crippen LogP contribution in [0.2, 0.25) is 0 Å². The molecule has 0 aromatic rings. The molecule has 21 heavy (non-hydrogen) atoms. The Hall–Kier alpha value is -0.560. The van der Waals surface area contributed by atoms with Crippen molar-refractivity contribution in [1.82, 2.24) is 0 Å². The van der Waals surface area contributed by atoms with Gasteiger partial charge in [0.25, 0.3) is 0 Å². The first-order valence-electron chi connectivity index (χ1n) is 8.82. The van der Waals surface area contributed by atoms with Crippen molar-refractivity contribution >= 4 is 0 Å². The topological polar surface area (TPSA) is 20.2 Å². The minimum atomic E-state index is 0.137. The first-order valence-corrected chi connectivity index (χ1v) is 8.82. The van der Waals surface area contributed by atoms with E-state index in [0.29, 0.717) is 23.4 Å². The van der Waals surface area contributed by atoms with E-state index < -0.39 is 0 Å². The molecule has 0 heterocycles. The van der Waals surface area contributed by atoms with Crippen molar-refractivity contribution in [2.45, 2.75) is 65.7 Å². The molecule has 118 valence electrons. The molecular formula is C20H32O. The summed E-state index contributed by atoms with van der Waals surface area (Å²) >= 11 is 0. The molecule has 0 bridgehead atoms. The van der Waals surface area contributed by atoms with E-state index in [1.54, 1.807) is 5.57 Å². The van der Waals surface area contributed by atoms with Crippen LogP contribution < -0.4 is 0 Å². The minimum Gasteiger partial charge on any atom is -0.396 e. The molecule has 1 nitrogen and oxygen atoms in total. The third-order valence-electron chi connectivity index (χ3n) is 7.31. The van der Waals surface area contributed by atoms with Gasteiger partial charge in [0.05, 0.1) is 0 Å². The number of fused-ring (bicyclic) bond motifs is 3. The fourth-order valence-corrected chi connectivity index (χ4v) is 5.94. The van der Waals surface area contributed by atoms with Gasteiger partial charge in [-0.1, -0.05) is 44.9 Å². The molecule has 3 aliphatic rings. The van der Waals surface area contributed by atoms with Gasteiger partial charge in [-0.2, -0.15) is 0 Å². The molecule has 0 aromatic carbocycles. The minimum absolute atomic E-state index is 0.137. The van der Waals surface area contributed by atoms with Gasteiger partial charge in [-0.05, 0) is 66.6 Å². The fraction of sp³-hybridized carbons (Fsp3) is 0.800. The molecule has 0 amide bonds. The van der Waals surface area contributed by atoms with Crippen molar-refractivity contribution in [3.8, 4) is 0 Å². The zero-order chi connectivity index (χ0) is 15.3. The Kier molecular flexibility index (Phi) is 3.64. The monoisotopic (exact) mass is 288 g/mol. The highest BCUT2D eigenvalue weighted by Gasteiger charge is 2.54. The van der Waals surface area contributed by atoms with Crippen molar-refractivity contribution in [2.75, 3.05) is 6.61 Å². The predicted octanol–water partition coefficient (Wildman–Crippen LogP) is 5.11. The van der Waals surface area contributed by atoms with Gasteiger partial charge in [-0.15, -0.1) is 6.58 Å². The number of hydrogen-bond acceptors (Lipinski definition) is 1. The van der Waals surface area contributed by atoms with Crippen molar-refractivity contribution < 1.29 is 5.11 Å². The molecule has 1 heteroatoms. The molecule has 0 aliphatic heterocycles. The van der Waals surface area contributed by atoms with Crippen LogP contribution in [0.3, 0.4) is 0 Å². The van der Waals surface area contributed by atoms with E-state index in [1.165, 1.54) is 38.5 Å². The van der Waals surface area contributed by atoms with Crippen LogP contribution >= 0.6 is 0 Å². The maximum Gasteiger partial charge on any atom is 0.0487 e. The van der Waals surface area contributed by atoms with Gasteiger partial charge in [0.1, 0.15) is 0 Å². The second-order valence-electron chi connectivity index (χ2n) is 8.84. The van der Waals surface area contributed by atoms with E-state index in [-0.39, 0.29) is 5.41 Å². The largest absolute Gasteiger partial charge is 0.396 e. The molecule has 2 saturated carbocycles. The standard InChI is InChI=1S/C20H32O/c1-5-18(2)12-9-16-15(13-18)7-8-17-19(3,14-21)10-6-11-20(16,17)4/h5,9,15,17,21H,1,6-8,10-14H2,2-4H3/t15-,17-,18+,19-,20+/m0/s1. The molecule has 0 unspecified atom stereocenters. The molecule has 2 fully saturated rings. The van der Waals surface area contributed by atoms with E-state index in [1.807, 2.05) is 0 Å². The molecular weight excluding hydrogens is 256 g/mol. The normalized spacial score (nSPS) is 49.8. The maximum atomic E-state index is 9.99. The van der Waals surface area contributed by atoms with Gasteiger partial charge in [0.2, 0.25) is 0 Å². The molecule has 0 radical (unpaired) electrons. The van der Waals surface area contributed by atoms with Gasteiger partial charge >= 0.3 is 0 Å². The van der Waals surface area contributed by atoms with Crippen LogP contribution in [0.1, 0.15) is 65.7 Å². The average Bonchev–Trinajstić information content (AvgIpc) is 2.46. The van der Waals surface area contributed by atoms with Crippen molar-refractivity contribution in [2.24, 2.45) is 28.1 Å². The summed E-state index contributed by atoms with van der Waals surface area (Å²) in [7, 11) is 0. The smallest absolute Gasteiger partial charge is 0.0487 e. The summed E-state index contributed by atoms with van der Waals surface area (Å²) in [4.78, 5) is 0. The lowest BCUT2D eigenvalue weighted by atomic mass is 9.46. The molecule has 3 rings (SSSR count). The Bertz CT molecular complexity index is 464. The predicted molar refractivity (Wildman–Crippen MR) is 89.0 cm³/mol. The fourth-order valence-electron chi connectivity index (χ4n) is 5.94. The Morgan fingerprint density at radius 1 is 1.29 bits per heavy atom. The Morgan fingerprint density at radius 3 is 2.71 bits per heavy atom. The second kappa shape index (κ2) is 4.98. The number of rotatable bonds is 2. The number of aliphatic hydroxyl groups excluding tert-OH is 1. The van der Waals surface area contributed by atoms with Crippen LogP contribution in [-0.2, 0) is 0 Å². The summed E-state index contributed by atoms with van der Waals surface area (Å²) in [5, 5.41) is 9.99. The molecule has 0 aromatic heterocycles. The average molecular weight is 288 g/mol. The lowest BCUT2D eigenvalue weighted by Crippen LogP contribution is -2.51. The number of aliphatic hydroxyl groups is 1. The Morgan fingerprint density at radius 2 is 2.05 bits per heavy atom. The van der Waals surface area contributed by atoms with Gasteiger partial charge in [0, 0.05) is 6.61 Å². The molecule has 5 atom stereocenters. The molecule has 0 saturated heterocycles. The summed E-state index contributed by atoms with van der Waals surface area (Å²) in [6.07, 6.45) is 13.6. The molecule has 1 N–H and O–H groups in total. The van der Waals surface area contributed by atoms with Crippen molar-refractivity contribution in [3.63, 3.8) is 0 Å². The van der Waals surface area contributed by atoms with Crippen LogP contribution in [0.5, 0.6) is 0 Å². The van der Waals surface area contributed by atoms with E-state index >= 15 is 0 Å². The maximum absolute atomic E-state index is 9.99. The third-order valence-corrected chi connectivity index (χ3v) is 7.31. The number of allylic oxidation sites excluding steroid dienone is 3. The van der Waals surface area contributed by atoms with E-state index in [0.717, 1.165) is 12.3 Å². The van der Waals surface area contributed by atoms with Crippen molar-refractivity contribution in [1.29, 1.82) is 0 Å². The first kappa shape index (κ1) is 15.3. The first-order chi connectivity index (χ1) is 9.87. The molecule has 0 spiro atoms. The summed E-state index contributed by atoms with van der Waals surface area (Å²) in [6, 6.07) is 0. The van der Waals surface area contributed by atoms with Gasteiger partial charge < -0.3 is 5.11 Å². The number of hydrogen-bond donors (Lipinski definition) is 1. The Balaban J connectivity index is 1.96. The van der Waals surface area contributed by atoms with Gasteiger partial charge in [0.15, 0.2) is 0 Å². The summed E-state index contributed by atoms with van der Waals surface area (Å²) in [5.41, 5.74) is 2.50. The highest BCUT2D eigenvalue weighted by Crippen LogP contribution is 2.63. The van der Waals surface area contributed by atoms with Crippen LogP contribution in [0, 0.1) is 28.1 Å². The zero-order valence-corrected chi connectivity index (χ0v) is 14.1. The lowest BCUT2D eigenvalue weighted by molar-refractivity contribution is -0.0558. The second-order valence-corrected chi connectivity index (χ2v) is 8.84. The SMILES string of the molecule is C=C[C@]1(C)CC=C2[C@@H](CC[C@H]3[C@](C)(CO)CCC[C@]23C)C1. The van der Waals surface area contributed by atoms with Crippen LogP contribution in [0.4, 0.5) is 0 Å². The zero-order valence-electron chi connectivity index (χ0n) is 14.1. The quantitative estimate of drug-likeness (QED) is 0.700. The third kappa shape index (κ3) is 2.23. The lowest BCUT2D eigenvalue weighted by Gasteiger charge is -2.59. The van der Waals surface area contributed by atoms with E-state index in [4.69, 9.17) is 0 Å². The van der Waals surface area contributed by atoms with E-state index in [9.17, 15) is 5.11 Å². The van der Waals surface area contributed by atoms with E-state index in [2.05, 4.69) is 39.5 Å². The van der Waals surface area contributed by atoms with Gasteiger partial charge in [-0.25, -0.2) is 0 Å². The molecule has 3 aliphatic carbocycles. The van der Waals surface area contributed by atoms with Crippen LogP contribution in [-0.4, -0.2) is 11.7 Å². The highest BCUT2D eigenvalue weighted by atomic mass is 16.3. The summed E-state index contributed by atoms with van der Waals surface area (Å²) in [5.74, 6) is 1.42. The van der Waals surface area contributed by atoms with Crippen LogP contribution in [0.15, 0.2) is 24.3 Å². The Labute approximate surface area is 130 Å². The van der Waals surface area contributed by atoms with Gasteiger partial charge in [-0.3, -0.25) is 0 Å². The summed E-state index contributed by atoms with van der Waals surface area (Å²) in [6.45, 7) is 11.6.